The summed E-state index contributed by atoms with van der Waals surface area (Å²) < 4.78 is 28.0. The van der Waals surface area contributed by atoms with Gasteiger partial charge in [0.15, 0.2) is 9.84 Å². The molecule has 0 saturated carbocycles. The molecule has 0 bridgehead atoms. The second kappa shape index (κ2) is 3.47. The van der Waals surface area contributed by atoms with Crippen LogP contribution in [0, 0.1) is 0 Å². The molecule has 1 rings (SSSR count). The van der Waals surface area contributed by atoms with Gasteiger partial charge in [0, 0.05) is 0 Å². The SMILES string of the molecule is CC(C)(C)OCC1(N)CCS(=O)(=O)C1. The van der Waals surface area contributed by atoms with Crippen molar-refractivity contribution in [1.82, 2.24) is 0 Å². The molecule has 0 aromatic rings. The van der Waals surface area contributed by atoms with E-state index in [2.05, 4.69) is 0 Å². The van der Waals surface area contributed by atoms with Gasteiger partial charge in [0.25, 0.3) is 0 Å². The number of hydrogen-bond acceptors (Lipinski definition) is 4. The highest BCUT2D eigenvalue weighted by Gasteiger charge is 2.39. The molecule has 0 aromatic carbocycles. The zero-order valence-corrected chi connectivity index (χ0v) is 9.86. The lowest BCUT2D eigenvalue weighted by Gasteiger charge is -2.28. The van der Waals surface area contributed by atoms with Crippen LogP contribution in [0.25, 0.3) is 0 Å². The Hall–Kier alpha value is -0.130. The Labute approximate surface area is 85.7 Å². The molecular weight excluding hydrogens is 202 g/mol. The normalized spacial score (nSPS) is 32.0. The van der Waals surface area contributed by atoms with Crippen LogP contribution in [0.4, 0.5) is 0 Å². The van der Waals surface area contributed by atoms with Crippen molar-refractivity contribution in [2.24, 2.45) is 5.73 Å². The average molecular weight is 221 g/mol. The third-order valence-electron chi connectivity index (χ3n) is 2.21. The Morgan fingerprint density at radius 2 is 2.00 bits per heavy atom. The summed E-state index contributed by atoms with van der Waals surface area (Å²) in [5, 5.41) is 0. The molecule has 1 aliphatic heterocycles. The predicted octanol–water partition coefficient (Wildman–Crippen LogP) is 0.317. The van der Waals surface area contributed by atoms with E-state index in [1.807, 2.05) is 20.8 Å². The van der Waals surface area contributed by atoms with Crippen molar-refractivity contribution in [3.8, 4) is 0 Å². The highest BCUT2D eigenvalue weighted by atomic mass is 32.2. The van der Waals surface area contributed by atoms with Gasteiger partial charge in [0.05, 0.1) is 29.3 Å². The van der Waals surface area contributed by atoms with Crippen molar-refractivity contribution in [3.05, 3.63) is 0 Å². The van der Waals surface area contributed by atoms with Crippen molar-refractivity contribution >= 4 is 9.84 Å². The van der Waals surface area contributed by atoms with Crippen molar-refractivity contribution < 1.29 is 13.2 Å². The van der Waals surface area contributed by atoms with Crippen LogP contribution in [0.15, 0.2) is 0 Å². The van der Waals surface area contributed by atoms with Gasteiger partial charge >= 0.3 is 0 Å². The molecule has 84 valence electrons. The quantitative estimate of drug-likeness (QED) is 0.729. The van der Waals surface area contributed by atoms with E-state index in [0.717, 1.165) is 0 Å². The fourth-order valence-electron chi connectivity index (χ4n) is 1.42. The van der Waals surface area contributed by atoms with Gasteiger partial charge in [0.2, 0.25) is 0 Å². The minimum absolute atomic E-state index is 0.0517. The molecule has 1 saturated heterocycles. The van der Waals surface area contributed by atoms with E-state index >= 15 is 0 Å². The van der Waals surface area contributed by atoms with Crippen molar-refractivity contribution in [1.29, 1.82) is 0 Å². The maximum Gasteiger partial charge on any atom is 0.152 e. The molecular formula is C9H19NO3S. The fourth-order valence-corrected chi connectivity index (χ4v) is 3.38. The molecule has 4 nitrogen and oxygen atoms in total. The molecule has 2 N–H and O–H groups in total. The van der Waals surface area contributed by atoms with E-state index in [4.69, 9.17) is 10.5 Å². The van der Waals surface area contributed by atoms with E-state index in [-0.39, 0.29) is 17.1 Å². The summed E-state index contributed by atoms with van der Waals surface area (Å²) in [6.07, 6.45) is 0.505. The summed E-state index contributed by atoms with van der Waals surface area (Å²) in [5.74, 6) is 0.243. The Morgan fingerprint density at radius 3 is 2.36 bits per heavy atom. The average Bonchev–Trinajstić information content (AvgIpc) is 2.22. The van der Waals surface area contributed by atoms with Crippen molar-refractivity contribution in [2.45, 2.75) is 38.3 Å². The van der Waals surface area contributed by atoms with E-state index in [1.165, 1.54) is 0 Å². The number of sulfone groups is 1. The highest BCUT2D eigenvalue weighted by Crippen LogP contribution is 2.23. The Morgan fingerprint density at radius 1 is 1.43 bits per heavy atom. The minimum Gasteiger partial charge on any atom is -0.374 e. The number of hydrogen-bond donors (Lipinski definition) is 1. The first-order valence-corrected chi connectivity index (χ1v) is 6.57. The lowest BCUT2D eigenvalue weighted by Crippen LogP contribution is -2.47. The summed E-state index contributed by atoms with van der Waals surface area (Å²) in [5.41, 5.74) is 5.00. The fraction of sp³-hybridized carbons (Fsp3) is 1.00. The number of rotatable bonds is 2. The Kier molecular flexibility index (Phi) is 2.96. The van der Waals surface area contributed by atoms with Crippen LogP contribution >= 0.6 is 0 Å². The van der Waals surface area contributed by atoms with E-state index in [9.17, 15) is 8.42 Å². The first-order chi connectivity index (χ1) is 6.12. The third-order valence-corrected chi connectivity index (χ3v) is 4.05. The van der Waals surface area contributed by atoms with E-state index < -0.39 is 15.4 Å². The lowest BCUT2D eigenvalue weighted by molar-refractivity contribution is -0.0248. The minimum atomic E-state index is -2.93. The van der Waals surface area contributed by atoms with Gasteiger partial charge < -0.3 is 10.5 Å². The van der Waals surface area contributed by atoms with Gasteiger partial charge in [0.1, 0.15) is 0 Å². The maximum atomic E-state index is 11.2. The molecule has 14 heavy (non-hydrogen) atoms. The maximum absolute atomic E-state index is 11.2. The predicted molar refractivity (Wildman–Crippen MR) is 55.9 cm³/mol. The zero-order chi connectivity index (χ0) is 11.0. The lowest BCUT2D eigenvalue weighted by atomic mass is 10.0. The zero-order valence-electron chi connectivity index (χ0n) is 9.04. The second-order valence-corrected chi connectivity index (χ2v) is 7.29. The largest absolute Gasteiger partial charge is 0.374 e. The van der Waals surface area contributed by atoms with E-state index in [1.54, 1.807) is 0 Å². The molecule has 0 spiro atoms. The third kappa shape index (κ3) is 3.55. The molecule has 1 unspecified atom stereocenters. The topological polar surface area (TPSA) is 69.4 Å². The second-order valence-electron chi connectivity index (χ2n) is 5.11. The summed E-state index contributed by atoms with van der Waals surface area (Å²) in [7, 11) is -2.93. The molecule has 1 fully saturated rings. The van der Waals surface area contributed by atoms with E-state index in [0.29, 0.717) is 13.0 Å². The molecule has 0 amide bonds. The molecule has 0 radical (unpaired) electrons. The smallest absolute Gasteiger partial charge is 0.152 e. The van der Waals surface area contributed by atoms with Crippen LogP contribution in [0.1, 0.15) is 27.2 Å². The van der Waals surface area contributed by atoms with Crippen LogP contribution in [0.5, 0.6) is 0 Å². The van der Waals surface area contributed by atoms with Gasteiger partial charge in [-0.15, -0.1) is 0 Å². The van der Waals surface area contributed by atoms with Crippen LogP contribution < -0.4 is 5.73 Å². The molecule has 0 aromatic heterocycles. The van der Waals surface area contributed by atoms with Gasteiger partial charge in [-0.2, -0.15) is 0 Å². The molecule has 1 heterocycles. The van der Waals surface area contributed by atoms with Crippen LogP contribution in [-0.2, 0) is 14.6 Å². The summed E-state index contributed by atoms with van der Waals surface area (Å²) in [6.45, 7) is 6.11. The summed E-state index contributed by atoms with van der Waals surface area (Å²) >= 11 is 0. The van der Waals surface area contributed by atoms with Gasteiger partial charge in [-0.05, 0) is 27.2 Å². The van der Waals surface area contributed by atoms with Crippen LogP contribution in [-0.4, -0.2) is 37.7 Å². The molecule has 1 aliphatic rings. The number of ether oxygens (including phenoxy) is 1. The van der Waals surface area contributed by atoms with Gasteiger partial charge in [-0.3, -0.25) is 0 Å². The first-order valence-electron chi connectivity index (χ1n) is 4.75. The first kappa shape index (κ1) is 11.9. The Balaban J connectivity index is 2.54. The summed E-state index contributed by atoms with van der Waals surface area (Å²) in [6, 6.07) is 0. The molecule has 1 atom stereocenters. The summed E-state index contributed by atoms with van der Waals surface area (Å²) in [4.78, 5) is 0. The standard InChI is InChI=1S/C9H19NO3S/c1-8(2,3)13-6-9(10)4-5-14(11,12)7-9/h4-7,10H2,1-3H3. The molecule has 5 heteroatoms. The van der Waals surface area contributed by atoms with Crippen molar-refractivity contribution in [3.63, 3.8) is 0 Å². The Bertz CT molecular complexity index is 305. The van der Waals surface area contributed by atoms with Gasteiger partial charge in [-0.25, -0.2) is 8.42 Å². The van der Waals surface area contributed by atoms with Crippen LogP contribution in [0.2, 0.25) is 0 Å². The highest BCUT2D eigenvalue weighted by molar-refractivity contribution is 7.91. The van der Waals surface area contributed by atoms with Crippen molar-refractivity contribution in [2.75, 3.05) is 18.1 Å². The number of nitrogens with two attached hydrogens (primary N) is 1. The van der Waals surface area contributed by atoms with Crippen LogP contribution in [0.3, 0.4) is 0 Å². The molecule has 0 aliphatic carbocycles. The monoisotopic (exact) mass is 221 g/mol. The van der Waals surface area contributed by atoms with Gasteiger partial charge in [-0.1, -0.05) is 0 Å².